The minimum Gasteiger partial charge on any atom is -0.493 e. The smallest absolute Gasteiger partial charge is 0.242 e. The van der Waals surface area contributed by atoms with E-state index in [1.165, 1.54) is 10.4 Å². The number of carbonyl (C=O) groups is 2. The molecule has 0 aliphatic heterocycles. The van der Waals surface area contributed by atoms with Gasteiger partial charge < -0.3 is 19.3 Å². The average Bonchev–Trinajstić information content (AvgIpc) is 3.20. The Kier molecular flexibility index (Phi) is 10.5. The number of hydrogen-bond donors (Lipinski definition) is 0. The first-order valence-electron chi connectivity index (χ1n) is 11.2. The average molecular weight is 461 g/mol. The molecule has 0 fully saturated rings. The van der Waals surface area contributed by atoms with Crippen molar-refractivity contribution in [2.45, 2.75) is 53.0 Å². The molecule has 0 N–H and O–H groups in total. The predicted molar refractivity (Wildman–Crippen MR) is 130 cm³/mol. The zero-order valence-electron chi connectivity index (χ0n) is 20.0. The molecule has 2 rings (SSSR count). The van der Waals surface area contributed by atoms with Crippen molar-refractivity contribution in [2.24, 2.45) is 0 Å². The first-order valence-corrected chi connectivity index (χ1v) is 12.1. The molecule has 0 spiro atoms. The topological polar surface area (TPSA) is 59.1 Å². The number of hydrogen-bond acceptors (Lipinski definition) is 5. The Morgan fingerprint density at radius 1 is 0.938 bits per heavy atom. The highest BCUT2D eigenvalue weighted by Gasteiger charge is 2.21. The normalized spacial score (nSPS) is 10.7. The van der Waals surface area contributed by atoms with Gasteiger partial charge in [0.1, 0.15) is 0 Å². The maximum absolute atomic E-state index is 13.3. The molecule has 1 heterocycles. The Labute approximate surface area is 196 Å². The van der Waals surface area contributed by atoms with Crippen molar-refractivity contribution in [2.75, 3.05) is 33.9 Å². The van der Waals surface area contributed by atoms with Crippen LogP contribution in [0.5, 0.6) is 11.5 Å². The Morgan fingerprint density at radius 2 is 1.69 bits per heavy atom. The highest BCUT2D eigenvalue weighted by molar-refractivity contribution is 7.10. The number of benzene rings is 1. The van der Waals surface area contributed by atoms with Gasteiger partial charge in [0.15, 0.2) is 11.5 Å². The number of ether oxygens (including phenoxy) is 2. The second kappa shape index (κ2) is 13.1. The molecule has 0 radical (unpaired) electrons. The molecule has 0 aliphatic rings. The van der Waals surface area contributed by atoms with Crippen LogP contribution in [0.15, 0.2) is 29.6 Å². The molecule has 0 aliphatic carbocycles. The lowest BCUT2D eigenvalue weighted by atomic mass is 10.1. The molecule has 176 valence electrons. The molecular formula is C25H36N2O4S. The van der Waals surface area contributed by atoms with Crippen molar-refractivity contribution in [3.8, 4) is 11.5 Å². The molecule has 1 aromatic carbocycles. The van der Waals surface area contributed by atoms with E-state index in [9.17, 15) is 9.59 Å². The molecule has 0 saturated carbocycles. The molecule has 1 aromatic heterocycles. The summed E-state index contributed by atoms with van der Waals surface area (Å²) in [5.41, 5.74) is 2.25. The van der Waals surface area contributed by atoms with Crippen LogP contribution < -0.4 is 9.47 Å². The minimum absolute atomic E-state index is 0.0174. The zero-order chi connectivity index (χ0) is 23.5. The fourth-order valence-corrected chi connectivity index (χ4v) is 4.45. The van der Waals surface area contributed by atoms with Gasteiger partial charge in [0.05, 0.1) is 27.3 Å². The summed E-state index contributed by atoms with van der Waals surface area (Å²) in [5, 5.41) is 2.05. The number of carbonyl (C=O) groups excluding carboxylic acids is 2. The van der Waals surface area contributed by atoms with E-state index in [2.05, 4.69) is 18.4 Å². The molecule has 32 heavy (non-hydrogen) atoms. The summed E-state index contributed by atoms with van der Waals surface area (Å²) in [5.74, 6) is 1.39. The van der Waals surface area contributed by atoms with E-state index >= 15 is 0 Å². The van der Waals surface area contributed by atoms with Gasteiger partial charge in [0, 0.05) is 24.4 Å². The van der Waals surface area contributed by atoms with Gasteiger partial charge >= 0.3 is 0 Å². The molecule has 0 bridgehead atoms. The van der Waals surface area contributed by atoms with Crippen molar-refractivity contribution >= 4 is 23.2 Å². The first kappa shape index (κ1) is 25.7. The van der Waals surface area contributed by atoms with E-state index in [1.807, 2.05) is 36.9 Å². The molecule has 0 atom stereocenters. The van der Waals surface area contributed by atoms with E-state index in [4.69, 9.17) is 9.47 Å². The highest BCUT2D eigenvalue weighted by Crippen LogP contribution is 2.28. The van der Waals surface area contributed by atoms with Crippen LogP contribution in [0.1, 0.15) is 49.1 Å². The standard InChI is InChI=1S/C25H36N2O4S/c1-6-8-24(28)26(13-7-2)18-25(29)27(17-23-19(3)12-15-32-23)14-11-20-9-10-21(30-4)22(16-20)31-5/h9-10,12,15-16H,6-8,11,13-14,17-18H2,1-5H3. The van der Waals surface area contributed by atoms with Crippen LogP contribution >= 0.6 is 11.3 Å². The Bertz CT molecular complexity index is 881. The van der Waals surface area contributed by atoms with Crippen LogP contribution in [0.2, 0.25) is 0 Å². The Hall–Kier alpha value is -2.54. The minimum atomic E-state index is -0.0174. The van der Waals surface area contributed by atoms with E-state index in [0.717, 1.165) is 18.4 Å². The quantitative estimate of drug-likeness (QED) is 0.435. The fourth-order valence-electron chi connectivity index (χ4n) is 3.53. The summed E-state index contributed by atoms with van der Waals surface area (Å²) >= 11 is 1.66. The molecule has 7 heteroatoms. The number of aryl methyl sites for hydroxylation is 1. The van der Waals surface area contributed by atoms with Crippen molar-refractivity contribution in [1.29, 1.82) is 0 Å². The molecule has 0 saturated heterocycles. The van der Waals surface area contributed by atoms with Gasteiger partial charge in [-0.25, -0.2) is 0 Å². The number of nitrogens with zero attached hydrogens (tertiary/aromatic N) is 2. The van der Waals surface area contributed by atoms with E-state index < -0.39 is 0 Å². The number of methoxy groups -OCH3 is 2. The number of thiophene rings is 1. The fraction of sp³-hybridized carbons (Fsp3) is 0.520. The third kappa shape index (κ3) is 7.26. The van der Waals surface area contributed by atoms with E-state index in [-0.39, 0.29) is 18.4 Å². The second-order valence-electron chi connectivity index (χ2n) is 7.85. The lowest BCUT2D eigenvalue weighted by Gasteiger charge is -2.28. The van der Waals surface area contributed by atoms with Crippen molar-refractivity contribution in [3.05, 3.63) is 45.6 Å². The van der Waals surface area contributed by atoms with Crippen LogP contribution in [0.4, 0.5) is 0 Å². The molecule has 2 aromatic rings. The van der Waals surface area contributed by atoms with Crippen LogP contribution in [-0.2, 0) is 22.6 Å². The largest absolute Gasteiger partial charge is 0.493 e. The maximum Gasteiger partial charge on any atom is 0.242 e. The molecular weight excluding hydrogens is 424 g/mol. The Balaban J connectivity index is 2.17. The SMILES string of the molecule is CCCC(=O)N(CCC)CC(=O)N(CCc1ccc(OC)c(OC)c1)Cc1sccc1C. The third-order valence-corrected chi connectivity index (χ3v) is 6.42. The lowest BCUT2D eigenvalue weighted by Crippen LogP contribution is -2.43. The van der Waals surface area contributed by atoms with Crippen LogP contribution in [0, 0.1) is 6.92 Å². The summed E-state index contributed by atoms with van der Waals surface area (Å²) in [4.78, 5) is 30.6. The maximum atomic E-state index is 13.3. The van der Waals surface area contributed by atoms with E-state index in [1.54, 1.807) is 30.5 Å². The van der Waals surface area contributed by atoms with Gasteiger partial charge in [0.2, 0.25) is 11.8 Å². The van der Waals surface area contributed by atoms with Crippen LogP contribution in [0.3, 0.4) is 0 Å². The molecule has 0 unspecified atom stereocenters. The summed E-state index contributed by atoms with van der Waals surface area (Å²) < 4.78 is 10.7. The Morgan fingerprint density at radius 3 is 2.28 bits per heavy atom. The molecule has 2 amide bonds. The lowest BCUT2D eigenvalue weighted by molar-refractivity contribution is -0.141. The second-order valence-corrected chi connectivity index (χ2v) is 8.85. The number of amides is 2. The van der Waals surface area contributed by atoms with Crippen molar-refractivity contribution in [3.63, 3.8) is 0 Å². The van der Waals surface area contributed by atoms with Gasteiger partial charge in [-0.15, -0.1) is 11.3 Å². The van der Waals surface area contributed by atoms with Crippen LogP contribution in [0.25, 0.3) is 0 Å². The predicted octanol–water partition coefficient (Wildman–Crippen LogP) is 4.68. The number of rotatable bonds is 13. The summed E-state index contributed by atoms with van der Waals surface area (Å²) in [6, 6.07) is 7.90. The first-order chi connectivity index (χ1) is 15.4. The highest BCUT2D eigenvalue weighted by atomic mass is 32.1. The van der Waals surface area contributed by atoms with Gasteiger partial charge in [0.25, 0.3) is 0 Å². The van der Waals surface area contributed by atoms with Crippen LogP contribution in [-0.4, -0.2) is 55.5 Å². The molecule has 6 nitrogen and oxygen atoms in total. The monoisotopic (exact) mass is 460 g/mol. The van der Waals surface area contributed by atoms with E-state index in [0.29, 0.717) is 44.0 Å². The van der Waals surface area contributed by atoms with Gasteiger partial charge in [-0.1, -0.05) is 19.9 Å². The van der Waals surface area contributed by atoms with Crippen molar-refractivity contribution < 1.29 is 19.1 Å². The summed E-state index contributed by atoms with van der Waals surface area (Å²) in [6.07, 6.45) is 2.78. The van der Waals surface area contributed by atoms with Gasteiger partial charge in [-0.05, 0) is 60.9 Å². The van der Waals surface area contributed by atoms with Gasteiger partial charge in [-0.2, -0.15) is 0 Å². The van der Waals surface area contributed by atoms with Gasteiger partial charge in [-0.3, -0.25) is 9.59 Å². The third-order valence-electron chi connectivity index (χ3n) is 5.41. The van der Waals surface area contributed by atoms with Crippen molar-refractivity contribution in [1.82, 2.24) is 9.80 Å². The summed E-state index contributed by atoms with van der Waals surface area (Å²) in [6.45, 7) is 7.93. The zero-order valence-corrected chi connectivity index (χ0v) is 20.8. The summed E-state index contributed by atoms with van der Waals surface area (Å²) in [7, 11) is 3.23.